The van der Waals surface area contributed by atoms with Crippen LogP contribution in [0.15, 0.2) is 48.5 Å². The summed E-state index contributed by atoms with van der Waals surface area (Å²) in [7, 11) is 4.42. The zero-order valence-corrected chi connectivity index (χ0v) is 18.8. The molecule has 28 heavy (non-hydrogen) atoms. The molecule has 0 aliphatic carbocycles. The van der Waals surface area contributed by atoms with E-state index in [0.717, 1.165) is 10.1 Å². The van der Waals surface area contributed by atoms with Gasteiger partial charge in [0.15, 0.2) is 0 Å². The van der Waals surface area contributed by atoms with Crippen molar-refractivity contribution in [3.63, 3.8) is 0 Å². The van der Waals surface area contributed by atoms with Gasteiger partial charge < -0.3 is 0 Å². The Morgan fingerprint density at radius 2 is 1.79 bits per heavy atom. The molecule has 1 amide bonds. The second-order valence-corrected chi connectivity index (χ2v) is 10.8. The van der Waals surface area contributed by atoms with E-state index in [1.807, 2.05) is 50.2 Å². The maximum atomic E-state index is 12.9. The molecule has 1 atom stereocenters. The number of para-hydroxylation sites is 1. The van der Waals surface area contributed by atoms with Crippen molar-refractivity contribution in [2.75, 3.05) is 19.5 Å². The van der Waals surface area contributed by atoms with Gasteiger partial charge in [0, 0.05) is 0 Å². The number of carbonyl (C=O) groups excluding carboxylic acids is 2. The molecule has 0 heterocycles. The van der Waals surface area contributed by atoms with Gasteiger partial charge in [-0.1, -0.05) is 0 Å². The summed E-state index contributed by atoms with van der Waals surface area (Å²) in [6.45, 7) is 3.78. The summed E-state index contributed by atoms with van der Waals surface area (Å²) in [5.74, 6) is -0.0383. The van der Waals surface area contributed by atoms with Gasteiger partial charge in [-0.2, -0.15) is 0 Å². The second kappa shape index (κ2) is 9.98. The Morgan fingerprint density at radius 1 is 1.11 bits per heavy atom. The fourth-order valence-corrected chi connectivity index (χ4v) is 7.21. The Kier molecular flexibility index (Phi) is 7.95. The van der Waals surface area contributed by atoms with Gasteiger partial charge in [0.05, 0.1) is 0 Å². The molecule has 0 fully saturated rings. The first-order chi connectivity index (χ1) is 13.3. The van der Waals surface area contributed by atoms with Gasteiger partial charge in [0.2, 0.25) is 0 Å². The molecule has 0 spiro atoms. The maximum absolute atomic E-state index is 12.9. The Bertz CT molecular complexity index is 830. The third-order valence-electron chi connectivity index (χ3n) is 4.02. The van der Waals surface area contributed by atoms with Crippen LogP contribution in [0.4, 0.5) is 5.69 Å². The van der Waals surface area contributed by atoms with E-state index in [0.29, 0.717) is 11.3 Å². The summed E-state index contributed by atoms with van der Waals surface area (Å²) >= 11 is -0.231. The Balaban J connectivity index is 2.25. The van der Waals surface area contributed by atoms with Crippen LogP contribution >= 0.6 is 10.2 Å². The summed E-state index contributed by atoms with van der Waals surface area (Å²) in [4.78, 5) is 24.7. The molecular formula is C20H24N2O4SSe. The quantitative estimate of drug-likeness (QED) is 0.457. The number of ether oxygens (including phenoxy) is 2. The van der Waals surface area contributed by atoms with Crippen molar-refractivity contribution in [1.29, 1.82) is 0 Å². The zero-order chi connectivity index (χ0) is 20.7. The van der Waals surface area contributed by atoms with E-state index in [4.69, 9.17) is 15.2 Å². The standard InChI is InChI=1S/C20H24N2O4SSe/c1-20(2,17(21)19(24)26-4)27-28-16-14(11-8-12-15(16)25-3)18(23)22-13-9-6-5-7-10-13/h5-12,17H,21H2,1-4H3,(H,22,23)/t17-/m0/s1. The number of hydrogen-bond acceptors (Lipinski definition) is 6. The number of nitrogens with one attached hydrogen (secondary N) is 1. The second-order valence-electron chi connectivity index (χ2n) is 6.43. The van der Waals surface area contributed by atoms with Crippen molar-refractivity contribution in [2.24, 2.45) is 5.73 Å². The van der Waals surface area contributed by atoms with Crippen molar-refractivity contribution in [3.05, 3.63) is 54.1 Å². The van der Waals surface area contributed by atoms with Gasteiger partial charge in [0.25, 0.3) is 0 Å². The fourth-order valence-electron chi connectivity index (χ4n) is 2.27. The van der Waals surface area contributed by atoms with E-state index in [1.165, 1.54) is 17.3 Å². The van der Waals surface area contributed by atoms with Gasteiger partial charge in [-0.25, -0.2) is 0 Å². The Morgan fingerprint density at radius 3 is 2.39 bits per heavy atom. The molecule has 0 aliphatic rings. The molecule has 0 saturated heterocycles. The molecule has 0 aromatic heterocycles. The van der Waals surface area contributed by atoms with E-state index < -0.39 is 16.8 Å². The number of carbonyl (C=O) groups is 2. The number of benzene rings is 2. The zero-order valence-electron chi connectivity index (χ0n) is 16.2. The minimum absolute atomic E-state index is 0.211. The van der Waals surface area contributed by atoms with Gasteiger partial charge in [-0.15, -0.1) is 0 Å². The summed E-state index contributed by atoms with van der Waals surface area (Å²) < 4.78 is 10.5. The van der Waals surface area contributed by atoms with Crippen molar-refractivity contribution in [3.8, 4) is 5.75 Å². The van der Waals surface area contributed by atoms with Crippen LogP contribution in [-0.2, 0) is 9.53 Å². The number of amides is 1. The number of nitrogens with two attached hydrogens (primary N) is 1. The number of rotatable bonds is 8. The monoisotopic (exact) mass is 468 g/mol. The topological polar surface area (TPSA) is 90.7 Å². The SMILES string of the molecule is COC(=O)[C@H](N)C(C)(C)S[Se]c1c(OC)cccc1C(=O)Nc1ccccc1. The molecule has 3 N–H and O–H groups in total. The molecule has 150 valence electrons. The van der Waals surface area contributed by atoms with Crippen LogP contribution < -0.4 is 20.2 Å². The van der Waals surface area contributed by atoms with Gasteiger partial charge in [0.1, 0.15) is 0 Å². The summed E-state index contributed by atoms with van der Waals surface area (Å²) in [5.41, 5.74) is 7.30. The molecule has 2 rings (SSSR count). The van der Waals surface area contributed by atoms with Crippen molar-refractivity contribution >= 4 is 46.0 Å². The first-order valence-electron chi connectivity index (χ1n) is 8.52. The van der Waals surface area contributed by atoms with Gasteiger partial charge in [-0.3, -0.25) is 0 Å². The molecule has 0 radical (unpaired) electrons. The van der Waals surface area contributed by atoms with Crippen LogP contribution in [-0.4, -0.2) is 50.7 Å². The summed E-state index contributed by atoms with van der Waals surface area (Å²) in [5, 5.41) is 2.90. The molecular weight excluding hydrogens is 443 g/mol. The van der Waals surface area contributed by atoms with E-state index >= 15 is 0 Å². The minimum atomic E-state index is -0.777. The first-order valence-corrected chi connectivity index (χ1v) is 12.2. The van der Waals surface area contributed by atoms with E-state index in [2.05, 4.69) is 5.32 Å². The number of methoxy groups -OCH3 is 2. The van der Waals surface area contributed by atoms with Crippen LogP contribution in [0.5, 0.6) is 5.75 Å². The average Bonchev–Trinajstić information content (AvgIpc) is 2.71. The number of esters is 1. The van der Waals surface area contributed by atoms with Gasteiger partial charge >= 0.3 is 175 Å². The third-order valence-corrected chi connectivity index (χ3v) is 10.1. The molecule has 0 unspecified atom stereocenters. The summed E-state index contributed by atoms with van der Waals surface area (Å²) in [6.07, 6.45) is 0. The predicted molar refractivity (Wildman–Crippen MR) is 114 cm³/mol. The van der Waals surface area contributed by atoms with Crippen LogP contribution in [0.2, 0.25) is 0 Å². The van der Waals surface area contributed by atoms with E-state index in [9.17, 15) is 9.59 Å². The van der Waals surface area contributed by atoms with Crippen molar-refractivity contribution in [2.45, 2.75) is 24.6 Å². The molecule has 0 aliphatic heterocycles. The summed E-state index contributed by atoms with van der Waals surface area (Å²) in [6, 6.07) is 13.9. The number of anilines is 1. The third kappa shape index (κ3) is 5.51. The predicted octanol–water partition coefficient (Wildman–Crippen LogP) is 2.20. The average molecular weight is 467 g/mol. The van der Waals surface area contributed by atoms with Crippen molar-refractivity contribution in [1.82, 2.24) is 0 Å². The molecule has 0 saturated carbocycles. The van der Waals surface area contributed by atoms with Crippen LogP contribution in [0.25, 0.3) is 0 Å². The van der Waals surface area contributed by atoms with Gasteiger partial charge in [-0.05, 0) is 0 Å². The molecule has 0 bridgehead atoms. The fraction of sp³-hybridized carbons (Fsp3) is 0.300. The molecule has 2 aromatic rings. The molecule has 6 nitrogen and oxygen atoms in total. The Hall–Kier alpha value is -1.99. The molecule has 8 heteroatoms. The normalized spacial score (nSPS) is 12.2. The number of hydrogen-bond donors (Lipinski definition) is 2. The van der Waals surface area contributed by atoms with Crippen molar-refractivity contribution < 1.29 is 19.1 Å². The van der Waals surface area contributed by atoms with Crippen LogP contribution in [0.3, 0.4) is 0 Å². The van der Waals surface area contributed by atoms with Crippen LogP contribution in [0, 0.1) is 0 Å². The van der Waals surface area contributed by atoms with Crippen LogP contribution in [0.1, 0.15) is 24.2 Å². The Labute approximate surface area is 174 Å². The van der Waals surface area contributed by atoms with E-state index in [1.54, 1.807) is 19.2 Å². The molecule has 2 aromatic carbocycles. The first kappa shape index (κ1) is 22.3. The van der Waals surface area contributed by atoms with E-state index in [-0.39, 0.29) is 19.7 Å².